The van der Waals surface area contributed by atoms with Gasteiger partial charge in [-0.3, -0.25) is 4.68 Å². The van der Waals surface area contributed by atoms with Gasteiger partial charge in [0.1, 0.15) is 0 Å². The number of nitrogens with one attached hydrogen (secondary N) is 1. The molecule has 4 heteroatoms. The van der Waals surface area contributed by atoms with Crippen molar-refractivity contribution in [2.45, 2.75) is 46.2 Å². The van der Waals surface area contributed by atoms with Crippen molar-refractivity contribution in [3.63, 3.8) is 0 Å². The maximum absolute atomic E-state index is 9.30. The first kappa shape index (κ1) is 13.6. The number of aliphatic hydroxyl groups excluding tert-OH is 1. The van der Waals surface area contributed by atoms with Gasteiger partial charge in [-0.2, -0.15) is 5.10 Å². The molecule has 1 heterocycles. The first-order valence-corrected chi connectivity index (χ1v) is 7.09. The molecule has 1 aliphatic rings. The van der Waals surface area contributed by atoms with Gasteiger partial charge < -0.3 is 10.4 Å². The first-order valence-electron chi connectivity index (χ1n) is 7.09. The Morgan fingerprint density at radius 1 is 1.44 bits per heavy atom. The third-order valence-corrected chi connectivity index (χ3v) is 4.05. The number of hydrogen-bond donors (Lipinski definition) is 2. The van der Waals surface area contributed by atoms with Crippen LogP contribution >= 0.6 is 0 Å². The van der Waals surface area contributed by atoms with E-state index in [1.165, 1.54) is 25.0 Å². The zero-order valence-corrected chi connectivity index (χ0v) is 11.5. The molecule has 1 aromatic rings. The van der Waals surface area contributed by atoms with Crippen LogP contribution in [0.1, 0.15) is 37.6 Å². The predicted octanol–water partition coefficient (Wildman–Crippen LogP) is 1.71. The van der Waals surface area contributed by atoms with Crippen molar-refractivity contribution in [1.82, 2.24) is 15.1 Å². The van der Waals surface area contributed by atoms with Crippen LogP contribution in [0.5, 0.6) is 0 Å². The highest BCUT2D eigenvalue weighted by Gasteiger charge is 2.25. The minimum atomic E-state index is 0.346. The number of aryl methyl sites for hydroxylation is 2. The molecular formula is C14H25N3O. The van der Waals surface area contributed by atoms with Gasteiger partial charge in [0.25, 0.3) is 0 Å². The zero-order valence-electron chi connectivity index (χ0n) is 11.5. The molecule has 2 N–H and O–H groups in total. The van der Waals surface area contributed by atoms with Crippen molar-refractivity contribution >= 4 is 0 Å². The third-order valence-electron chi connectivity index (χ3n) is 4.05. The number of nitrogens with zero attached hydrogens (tertiary/aromatic N) is 2. The molecule has 0 spiro atoms. The molecule has 0 saturated heterocycles. The molecule has 2 atom stereocenters. The molecule has 1 saturated carbocycles. The summed E-state index contributed by atoms with van der Waals surface area (Å²) in [5.41, 5.74) is 2.34. The quantitative estimate of drug-likeness (QED) is 0.809. The smallest absolute Gasteiger partial charge is 0.0597 e. The van der Waals surface area contributed by atoms with Crippen molar-refractivity contribution in [3.05, 3.63) is 17.5 Å². The summed E-state index contributed by atoms with van der Waals surface area (Å²) >= 11 is 0. The lowest BCUT2D eigenvalue weighted by atomic mass is 9.97. The molecule has 4 nitrogen and oxygen atoms in total. The van der Waals surface area contributed by atoms with Gasteiger partial charge in [-0.1, -0.05) is 6.42 Å². The van der Waals surface area contributed by atoms with Gasteiger partial charge in [-0.25, -0.2) is 0 Å². The monoisotopic (exact) mass is 251 g/mol. The highest BCUT2D eigenvalue weighted by Crippen LogP contribution is 2.30. The fourth-order valence-corrected chi connectivity index (χ4v) is 3.02. The lowest BCUT2D eigenvalue weighted by Gasteiger charge is -2.17. The molecule has 1 aromatic heterocycles. The Morgan fingerprint density at radius 3 is 2.94 bits per heavy atom. The van der Waals surface area contributed by atoms with Crippen molar-refractivity contribution in [2.24, 2.45) is 11.8 Å². The third kappa shape index (κ3) is 3.12. The summed E-state index contributed by atoms with van der Waals surface area (Å²) in [4.78, 5) is 0. The maximum Gasteiger partial charge on any atom is 0.0597 e. The second kappa shape index (κ2) is 6.34. The van der Waals surface area contributed by atoms with Gasteiger partial charge in [-0.05, 0) is 51.1 Å². The van der Waals surface area contributed by atoms with Gasteiger partial charge in [-0.15, -0.1) is 0 Å². The standard InChI is InChI=1S/C14H25N3O/c1-3-17-14(7-11(2)16-17)9-15-8-12-5-4-6-13(12)10-18/h7,12-13,15,18H,3-6,8-10H2,1-2H3. The predicted molar refractivity (Wildman–Crippen MR) is 72.3 cm³/mol. The largest absolute Gasteiger partial charge is 0.396 e. The minimum absolute atomic E-state index is 0.346. The molecule has 2 rings (SSSR count). The molecule has 102 valence electrons. The van der Waals surface area contributed by atoms with Crippen molar-refractivity contribution in [1.29, 1.82) is 0 Å². The topological polar surface area (TPSA) is 50.1 Å². The van der Waals surface area contributed by atoms with Crippen molar-refractivity contribution in [2.75, 3.05) is 13.2 Å². The summed E-state index contributed by atoms with van der Waals surface area (Å²) in [6.45, 7) is 7.32. The molecule has 1 fully saturated rings. The van der Waals surface area contributed by atoms with Crippen LogP contribution in [-0.2, 0) is 13.1 Å². The average molecular weight is 251 g/mol. The van der Waals surface area contributed by atoms with Crippen LogP contribution in [0.4, 0.5) is 0 Å². The maximum atomic E-state index is 9.30. The van der Waals surface area contributed by atoms with E-state index in [0.717, 1.165) is 25.3 Å². The van der Waals surface area contributed by atoms with Crippen molar-refractivity contribution < 1.29 is 5.11 Å². The van der Waals surface area contributed by atoms with Crippen LogP contribution in [-0.4, -0.2) is 28.0 Å². The van der Waals surface area contributed by atoms with Gasteiger partial charge >= 0.3 is 0 Å². The number of hydrogen-bond acceptors (Lipinski definition) is 3. The molecule has 0 aromatic carbocycles. The molecule has 0 amide bonds. The van der Waals surface area contributed by atoms with Gasteiger partial charge in [0.2, 0.25) is 0 Å². The van der Waals surface area contributed by atoms with E-state index in [-0.39, 0.29) is 0 Å². The second-order valence-corrected chi connectivity index (χ2v) is 5.36. The lowest BCUT2D eigenvalue weighted by Crippen LogP contribution is -2.27. The molecule has 0 radical (unpaired) electrons. The fraction of sp³-hybridized carbons (Fsp3) is 0.786. The number of rotatable bonds is 6. The van der Waals surface area contributed by atoms with E-state index in [0.29, 0.717) is 18.4 Å². The van der Waals surface area contributed by atoms with Gasteiger partial charge in [0.05, 0.1) is 11.4 Å². The summed E-state index contributed by atoms with van der Waals surface area (Å²) in [6.07, 6.45) is 3.71. The van der Waals surface area contributed by atoms with E-state index in [1.54, 1.807) is 0 Å². The minimum Gasteiger partial charge on any atom is -0.396 e. The summed E-state index contributed by atoms with van der Waals surface area (Å²) in [5, 5.41) is 17.3. The SMILES string of the molecule is CCn1nc(C)cc1CNCC1CCCC1CO. The van der Waals surface area contributed by atoms with E-state index >= 15 is 0 Å². The fourth-order valence-electron chi connectivity index (χ4n) is 3.02. The van der Waals surface area contributed by atoms with Crippen LogP contribution in [0, 0.1) is 18.8 Å². The molecule has 0 aliphatic heterocycles. The molecular weight excluding hydrogens is 226 g/mol. The van der Waals surface area contributed by atoms with E-state index in [1.807, 2.05) is 6.92 Å². The summed E-state index contributed by atoms with van der Waals surface area (Å²) in [7, 11) is 0. The van der Waals surface area contributed by atoms with Gasteiger partial charge in [0, 0.05) is 19.7 Å². The van der Waals surface area contributed by atoms with Crippen molar-refractivity contribution in [3.8, 4) is 0 Å². The Kier molecular flexibility index (Phi) is 4.78. The zero-order chi connectivity index (χ0) is 13.0. The van der Waals surface area contributed by atoms with E-state index in [2.05, 4.69) is 28.1 Å². The first-order chi connectivity index (χ1) is 8.74. The van der Waals surface area contributed by atoms with Crippen LogP contribution in [0.2, 0.25) is 0 Å². The molecule has 2 unspecified atom stereocenters. The van der Waals surface area contributed by atoms with E-state index in [9.17, 15) is 5.11 Å². The van der Waals surface area contributed by atoms with Crippen LogP contribution < -0.4 is 5.32 Å². The Hall–Kier alpha value is -0.870. The highest BCUT2D eigenvalue weighted by atomic mass is 16.3. The van der Waals surface area contributed by atoms with Gasteiger partial charge in [0.15, 0.2) is 0 Å². The van der Waals surface area contributed by atoms with E-state index < -0.39 is 0 Å². The van der Waals surface area contributed by atoms with Crippen LogP contribution in [0.25, 0.3) is 0 Å². The van der Waals surface area contributed by atoms with Crippen LogP contribution in [0.3, 0.4) is 0 Å². The Labute approximate surface area is 109 Å². The lowest BCUT2D eigenvalue weighted by molar-refractivity contribution is 0.192. The number of aliphatic hydroxyl groups is 1. The summed E-state index contributed by atoms with van der Waals surface area (Å²) in [5.74, 6) is 1.16. The normalized spacial score (nSPS) is 23.7. The molecule has 1 aliphatic carbocycles. The molecule has 0 bridgehead atoms. The second-order valence-electron chi connectivity index (χ2n) is 5.36. The van der Waals surface area contributed by atoms with E-state index in [4.69, 9.17) is 0 Å². The highest BCUT2D eigenvalue weighted by molar-refractivity contribution is 5.08. The molecule has 18 heavy (non-hydrogen) atoms. The summed E-state index contributed by atoms with van der Waals surface area (Å²) < 4.78 is 2.06. The Bertz CT molecular complexity index is 375. The summed E-state index contributed by atoms with van der Waals surface area (Å²) in [6, 6.07) is 2.15. The Morgan fingerprint density at radius 2 is 2.22 bits per heavy atom. The number of aromatic nitrogens is 2. The average Bonchev–Trinajstić information content (AvgIpc) is 2.95. The Balaban J connectivity index is 1.81. The van der Waals surface area contributed by atoms with Crippen LogP contribution in [0.15, 0.2) is 6.07 Å².